The molecule has 0 aliphatic carbocycles. The van der Waals surface area contributed by atoms with Gasteiger partial charge in [-0.1, -0.05) is 16.8 Å². The Kier molecular flexibility index (Phi) is 27.3. The first-order valence-electron chi connectivity index (χ1n) is 28.7. The van der Waals surface area contributed by atoms with E-state index in [1.54, 1.807) is 0 Å². The number of carbonyl (C=O) groups is 1. The maximum absolute atomic E-state index is 13.2. The van der Waals surface area contributed by atoms with E-state index in [0.29, 0.717) is 68.2 Å². The van der Waals surface area contributed by atoms with E-state index in [1.165, 1.54) is 110 Å². The number of carbonyl (C=O) groups excluding carboxylic acids is 1. The lowest BCUT2D eigenvalue weighted by Crippen LogP contribution is -2.15. The molecular formula is C67H38Cl2F12N18O7. The molecule has 7 N–H and O–H groups in total. The number of hydrogen-bond donors (Lipinski definition) is 5. The monoisotopic (exact) mass is 1500 g/mol. The van der Waals surface area contributed by atoms with Gasteiger partial charge in [0.1, 0.15) is 24.1 Å². The lowest BCUT2D eigenvalue weighted by atomic mass is 10.2. The van der Waals surface area contributed by atoms with Crippen LogP contribution in [0.2, 0.25) is 10.5 Å². The number of aromatic nitrogens is 11. The number of oxime groups is 1. The van der Waals surface area contributed by atoms with Gasteiger partial charge in [0.05, 0.1) is 31.0 Å². The summed E-state index contributed by atoms with van der Waals surface area (Å²) in [6, 6.07) is 33.0. The molecule has 0 fully saturated rings. The average molecular weight is 1510 g/mol. The number of rotatable bonds is 11. The normalized spacial score (nSPS) is 10.4. The van der Waals surface area contributed by atoms with E-state index in [1.807, 2.05) is 12.1 Å². The number of aldehydes is 1. The molecule has 8 heterocycles. The Morgan fingerprint density at radius 3 is 1.18 bits per heavy atom. The summed E-state index contributed by atoms with van der Waals surface area (Å²) >= 11 is 10.8. The second kappa shape index (κ2) is 37.4. The molecule has 6 aromatic carbocycles. The molecule has 0 amide bonds. The van der Waals surface area contributed by atoms with Gasteiger partial charge in [0, 0.05) is 33.4 Å². The standard InChI is InChI=1S/C14H10F2N6O2.C14H7F2N5O.C9H4ClF2NO.C9H6F2N2O.C9H5F2NO.C7H4F2O.C5H2ClN3/c15-8-2-1-7(5-9(8)16)11-6-18-14(24-11)19-12-4-3-10(20-21-12)13(17)22-23;15-10-3-1-8(5-11(10)16)12-7-18-14(22-12)19-13-4-2-9(6-17)20-21-13;10-9-13-4-8(14-9)5-1-2-6(11)7(12)3-5;10-6-2-1-5(3-7(6)11)8-4-13-9(12)14-8;10-7-2-1-6(3-8(7)11)9-4-12-5-13-9;8-6-2-1-5(4-10)3-7(6)9;6-5-2-1-4(3-7)8-9-5/h1-6,23H,(H2,17,22)(H,18,19,21);1-5,7H,(H,18,19,21);1-4H;1-4H,(H2,12,13);1-5H;1-4H;1-2H. The maximum Gasteiger partial charge on any atom is 0.300 e. The third-order valence-electron chi connectivity index (χ3n) is 12.6. The van der Waals surface area contributed by atoms with Gasteiger partial charge < -0.3 is 38.8 Å². The second-order valence-electron chi connectivity index (χ2n) is 19.7. The Bertz CT molecular complexity index is 5310. The molecule has 0 aliphatic rings. The van der Waals surface area contributed by atoms with Crippen molar-refractivity contribution in [2.75, 3.05) is 16.4 Å². The number of nitriles is 2. The summed E-state index contributed by atoms with van der Waals surface area (Å²) in [6.45, 7) is 0. The number of hydrogen-bond acceptors (Lipinski definition) is 24. The van der Waals surface area contributed by atoms with Gasteiger partial charge in [-0.15, -0.1) is 30.6 Å². The van der Waals surface area contributed by atoms with Crippen molar-refractivity contribution in [3.63, 3.8) is 0 Å². The fourth-order valence-electron chi connectivity index (χ4n) is 7.57. The number of nitrogen functional groups attached to an aromatic ring is 1. The van der Waals surface area contributed by atoms with E-state index in [4.69, 9.17) is 72.5 Å². The van der Waals surface area contributed by atoms with Gasteiger partial charge in [-0.05, 0) is 157 Å². The number of nitrogens with two attached hydrogens (primary N) is 2. The number of halogens is 14. The molecule has 25 nitrogen and oxygen atoms in total. The van der Waals surface area contributed by atoms with Crippen LogP contribution in [0, 0.1) is 92.5 Å². The zero-order chi connectivity index (χ0) is 76.4. The van der Waals surface area contributed by atoms with Crippen molar-refractivity contribution < 1.29 is 84.8 Å². The predicted octanol–water partition coefficient (Wildman–Crippen LogP) is 16.1. The van der Waals surface area contributed by atoms with Gasteiger partial charge in [0.25, 0.3) is 11.4 Å². The number of oxazole rings is 5. The SMILES string of the molecule is Fc1ccc(-c2cnc(Cl)o2)cc1F.Fc1ccc(-c2cnco2)cc1F.N#Cc1ccc(Cl)nn1.N#Cc1ccc(Nc2ncc(-c3ccc(F)c(F)c3)o2)nn1.N/C(=N\O)c1ccc(Nc2ncc(-c3ccc(F)c(F)c3)o2)nn1.Nc1ncc(-c2ccc(F)c(F)c2)o1.O=Cc1ccc(F)c(F)c1. The molecule has 8 aromatic heterocycles. The second-order valence-corrected chi connectivity index (χ2v) is 20.4. The number of nitrogens with one attached hydrogen (secondary N) is 2. The third kappa shape index (κ3) is 22.6. The molecule has 0 atom stereocenters. The Morgan fingerprint density at radius 2 is 0.840 bits per heavy atom. The van der Waals surface area contributed by atoms with E-state index < -0.39 is 69.8 Å². The highest BCUT2D eigenvalue weighted by Crippen LogP contribution is 2.29. The first kappa shape index (κ1) is 77.4. The summed E-state index contributed by atoms with van der Waals surface area (Å²) in [5, 5.41) is 55.8. The van der Waals surface area contributed by atoms with Crippen LogP contribution in [0.5, 0.6) is 0 Å². The van der Waals surface area contributed by atoms with Crippen LogP contribution in [-0.2, 0) is 0 Å². The summed E-state index contributed by atoms with van der Waals surface area (Å²) in [5.74, 6) is -9.22. The molecule has 0 spiro atoms. The van der Waals surface area contributed by atoms with Crippen LogP contribution in [0.15, 0.2) is 210 Å². The van der Waals surface area contributed by atoms with E-state index in [9.17, 15) is 57.5 Å². The fourth-order valence-corrected chi connectivity index (χ4v) is 7.80. The number of anilines is 5. The first-order chi connectivity index (χ1) is 50.9. The van der Waals surface area contributed by atoms with Crippen LogP contribution >= 0.6 is 23.2 Å². The van der Waals surface area contributed by atoms with Gasteiger partial charge in [0.15, 0.2) is 139 Å². The smallest absolute Gasteiger partial charge is 0.300 e. The fraction of sp³-hybridized carbons (Fsp3) is 0. The third-order valence-corrected chi connectivity index (χ3v) is 13.0. The number of amidine groups is 1. The van der Waals surface area contributed by atoms with Crippen molar-refractivity contribution in [2.45, 2.75) is 0 Å². The summed E-state index contributed by atoms with van der Waals surface area (Å²) in [5.41, 5.74) is 13.3. The average Bonchev–Trinajstić information content (AvgIpc) is 1.67. The molecular weight excluding hydrogens is 1470 g/mol. The summed E-state index contributed by atoms with van der Waals surface area (Å²) in [7, 11) is 0. The van der Waals surface area contributed by atoms with Crippen molar-refractivity contribution in [3.05, 3.63) is 286 Å². The lowest BCUT2D eigenvalue weighted by Gasteiger charge is -2.01. The first-order valence-corrected chi connectivity index (χ1v) is 29.4. The van der Waals surface area contributed by atoms with Crippen LogP contribution in [-0.4, -0.2) is 72.8 Å². The highest BCUT2D eigenvalue weighted by Gasteiger charge is 2.15. The molecule has 39 heteroatoms. The van der Waals surface area contributed by atoms with Gasteiger partial charge in [-0.3, -0.25) is 15.4 Å². The van der Waals surface area contributed by atoms with Gasteiger partial charge in [0.2, 0.25) is 0 Å². The molecule has 14 rings (SSSR count). The molecule has 0 aliphatic heterocycles. The van der Waals surface area contributed by atoms with Crippen molar-refractivity contribution in [1.82, 2.24) is 55.5 Å². The highest BCUT2D eigenvalue weighted by atomic mass is 35.5. The molecule has 0 saturated heterocycles. The molecule has 14 aromatic rings. The quantitative estimate of drug-likeness (QED) is 0.0200. The zero-order valence-corrected chi connectivity index (χ0v) is 54.0. The Hall–Kier alpha value is -14.3. The molecule has 0 saturated carbocycles. The Balaban J connectivity index is 0.000000160. The zero-order valence-electron chi connectivity index (χ0n) is 52.5. The summed E-state index contributed by atoms with van der Waals surface area (Å²) in [4.78, 5) is 28.8. The van der Waals surface area contributed by atoms with Crippen molar-refractivity contribution in [1.29, 1.82) is 10.5 Å². The van der Waals surface area contributed by atoms with Crippen LogP contribution in [0.1, 0.15) is 27.4 Å². The maximum atomic E-state index is 13.2. The van der Waals surface area contributed by atoms with Gasteiger partial charge in [-0.2, -0.15) is 10.5 Å². The van der Waals surface area contributed by atoms with E-state index in [2.05, 4.69) is 71.3 Å². The largest absolute Gasteiger partial charge is 0.444 e. The van der Waals surface area contributed by atoms with Crippen molar-refractivity contribution in [2.24, 2.45) is 10.9 Å². The molecule has 0 radical (unpaired) electrons. The lowest BCUT2D eigenvalue weighted by molar-refractivity contribution is 0.112. The predicted molar refractivity (Wildman–Crippen MR) is 350 cm³/mol. The summed E-state index contributed by atoms with van der Waals surface area (Å²) in [6.07, 6.45) is 8.54. The minimum Gasteiger partial charge on any atom is -0.444 e. The Labute approximate surface area is 595 Å². The molecule has 536 valence electrons. The minimum atomic E-state index is -0.996. The van der Waals surface area contributed by atoms with Crippen molar-refractivity contribution in [3.8, 4) is 68.8 Å². The van der Waals surface area contributed by atoms with Crippen LogP contribution in [0.25, 0.3) is 56.6 Å². The van der Waals surface area contributed by atoms with Crippen LogP contribution < -0.4 is 22.1 Å². The Morgan fingerprint density at radius 1 is 0.443 bits per heavy atom. The van der Waals surface area contributed by atoms with E-state index in [-0.39, 0.29) is 63.4 Å². The van der Waals surface area contributed by atoms with Crippen LogP contribution in [0.3, 0.4) is 0 Å². The number of benzene rings is 6. The molecule has 0 bridgehead atoms. The van der Waals surface area contributed by atoms with E-state index in [0.717, 1.165) is 72.8 Å². The van der Waals surface area contributed by atoms with Gasteiger partial charge in [-0.25, -0.2) is 77.6 Å². The topological polar surface area (TPSA) is 381 Å². The molecule has 106 heavy (non-hydrogen) atoms. The van der Waals surface area contributed by atoms with E-state index >= 15 is 0 Å². The molecule has 0 unspecified atom stereocenters. The highest BCUT2D eigenvalue weighted by molar-refractivity contribution is 6.29. The van der Waals surface area contributed by atoms with Crippen molar-refractivity contribution >= 4 is 65.0 Å². The summed E-state index contributed by atoms with van der Waals surface area (Å²) < 4.78 is 178. The van der Waals surface area contributed by atoms with Gasteiger partial charge >= 0.3 is 12.0 Å². The number of nitrogens with zero attached hydrogens (tertiary/aromatic N) is 14. The van der Waals surface area contributed by atoms with Crippen LogP contribution in [0.4, 0.5) is 82.4 Å². The minimum absolute atomic E-state index is 0.00951.